The van der Waals surface area contributed by atoms with Crippen molar-refractivity contribution in [3.8, 4) is 0 Å². The molecule has 112 valence electrons. The first kappa shape index (κ1) is 15.4. The summed E-state index contributed by atoms with van der Waals surface area (Å²) in [6.45, 7) is 1.28. The Kier molecular flexibility index (Phi) is 7.92. The van der Waals surface area contributed by atoms with Crippen molar-refractivity contribution >= 4 is 0 Å². The smallest absolute Gasteiger partial charge is 0.00953 e. The monoisotopic (exact) mass is 265 g/mol. The van der Waals surface area contributed by atoms with Gasteiger partial charge in [0.15, 0.2) is 0 Å². The van der Waals surface area contributed by atoms with Gasteiger partial charge in [0.1, 0.15) is 0 Å². The first-order valence-electron chi connectivity index (χ1n) is 9.20. The van der Waals surface area contributed by atoms with E-state index in [4.69, 9.17) is 0 Å². The van der Waals surface area contributed by atoms with Crippen molar-refractivity contribution < 1.29 is 0 Å². The fourth-order valence-corrected chi connectivity index (χ4v) is 4.06. The zero-order valence-electron chi connectivity index (χ0n) is 13.0. The molecule has 2 aliphatic rings. The van der Waals surface area contributed by atoms with Crippen LogP contribution in [0, 0.1) is 5.92 Å². The molecule has 0 radical (unpaired) electrons. The number of rotatable bonds is 1. The Bertz CT molecular complexity index is 194. The van der Waals surface area contributed by atoms with Gasteiger partial charge in [-0.05, 0) is 38.1 Å². The standard InChI is InChI=1S/C18H35N/c1-2-6-10-14-17(13-9-5-1)18-15-11-7-3-4-8-12-16-19-18/h17-19H,1-16H2. The van der Waals surface area contributed by atoms with Crippen LogP contribution in [0.2, 0.25) is 0 Å². The molecule has 1 saturated carbocycles. The molecule has 19 heavy (non-hydrogen) atoms. The minimum absolute atomic E-state index is 0.844. The molecule has 2 rings (SSSR count). The van der Waals surface area contributed by atoms with Gasteiger partial charge < -0.3 is 5.32 Å². The molecule has 1 nitrogen and oxygen atoms in total. The molecule has 1 unspecified atom stereocenters. The maximum absolute atomic E-state index is 3.93. The van der Waals surface area contributed by atoms with Crippen LogP contribution < -0.4 is 5.32 Å². The van der Waals surface area contributed by atoms with Crippen molar-refractivity contribution in [1.29, 1.82) is 0 Å². The lowest BCUT2D eigenvalue weighted by molar-refractivity contribution is 0.279. The van der Waals surface area contributed by atoms with Gasteiger partial charge >= 0.3 is 0 Å². The van der Waals surface area contributed by atoms with E-state index in [-0.39, 0.29) is 0 Å². The van der Waals surface area contributed by atoms with Crippen LogP contribution in [-0.4, -0.2) is 12.6 Å². The quantitative estimate of drug-likeness (QED) is 0.665. The molecule has 1 N–H and O–H groups in total. The minimum atomic E-state index is 0.844. The summed E-state index contributed by atoms with van der Waals surface area (Å²) < 4.78 is 0. The van der Waals surface area contributed by atoms with Crippen molar-refractivity contribution in [2.75, 3.05) is 6.54 Å². The Morgan fingerprint density at radius 2 is 0.947 bits per heavy atom. The second kappa shape index (κ2) is 9.80. The largest absolute Gasteiger partial charge is 0.314 e. The van der Waals surface area contributed by atoms with Gasteiger partial charge in [-0.25, -0.2) is 0 Å². The van der Waals surface area contributed by atoms with Crippen LogP contribution in [0.15, 0.2) is 0 Å². The van der Waals surface area contributed by atoms with Crippen LogP contribution in [0.4, 0.5) is 0 Å². The summed E-state index contributed by atoms with van der Waals surface area (Å²) in [4.78, 5) is 0. The van der Waals surface area contributed by atoms with Crippen molar-refractivity contribution in [2.24, 2.45) is 5.92 Å². The SMILES string of the molecule is C1CCCCC(C2CCCCCCCC2)NCCC1. The van der Waals surface area contributed by atoms with Gasteiger partial charge in [0.25, 0.3) is 0 Å². The summed E-state index contributed by atoms with van der Waals surface area (Å²) in [5.74, 6) is 0.984. The molecule has 1 atom stereocenters. The molecule has 1 aliphatic heterocycles. The van der Waals surface area contributed by atoms with E-state index in [1.807, 2.05) is 0 Å². The minimum Gasteiger partial charge on any atom is -0.314 e. The van der Waals surface area contributed by atoms with E-state index in [1.54, 1.807) is 0 Å². The highest BCUT2D eigenvalue weighted by atomic mass is 14.9. The van der Waals surface area contributed by atoms with Gasteiger partial charge in [0.2, 0.25) is 0 Å². The highest BCUT2D eigenvalue weighted by molar-refractivity contribution is 4.78. The summed E-state index contributed by atoms with van der Waals surface area (Å²) in [6.07, 6.45) is 22.1. The third kappa shape index (κ3) is 6.29. The predicted octanol–water partition coefficient (Wildman–Crippen LogP) is 5.44. The van der Waals surface area contributed by atoms with Crippen LogP contribution >= 0.6 is 0 Å². The van der Waals surface area contributed by atoms with Gasteiger partial charge in [-0.3, -0.25) is 0 Å². The van der Waals surface area contributed by atoms with Gasteiger partial charge in [-0.1, -0.05) is 70.6 Å². The lowest BCUT2D eigenvalue weighted by Gasteiger charge is -2.29. The van der Waals surface area contributed by atoms with Gasteiger partial charge in [-0.2, -0.15) is 0 Å². The van der Waals surface area contributed by atoms with Crippen molar-refractivity contribution in [3.63, 3.8) is 0 Å². The van der Waals surface area contributed by atoms with E-state index in [9.17, 15) is 0 Å². The normalized spacial score (nSPS) is 30.0. The van der Waals surface area contributed by atoms with Gasteiger partial charge in [0.05, 0.1) is 0 Å². The van der Waals surface area contributed by atoms with Crippen molar-refractivity contribution in [2.45, 2.75) is 102 Å². The molecule has 0 aromatic rings. The third-order valence-electron chi connectivity index (χ3n) is 5.32. The van der Waals surface area contributed by atoms with E-state index in [0.29, 0.717) is 0 Å². The second-order valence-electron chi connectivity index (χ2n) is 6.93. The lowest BCUT2D eigenvalue weighted by Crippen LogP contribution is -2.37. The average Bonchev–Trinajstić information content (AvgIpc) is 2.58. The highest BCUT2D eigenvalue weighted by Crippen LogP contribution is 2.27. The molecule has 1 heteroatoms. The fraction of sp³-hybridized carbons (Fsp3) is 1.00. The van der Waals surface area contributed by atoms with E-state index in [0.717, 1.165) is 12.0 Å². The molecule has 0 aromatic carbocycles. The zero-order chi connectivity index (χ0) is 13.2. The average molecular weight is 265 g/mol. The Labute approximate surface area is 120 Å². The van der Waals surface area contributed by atoms with Crippen LogP contribution in [0.5, 0.6) is 0 Å². The molecule has 2 fully saturated rings. The van der Waals surface area contributed by atoms with E-state index in [1.165, 1.54) is 103 Å². The van der Waals surface area contributed by atoms with Crippen molar-refractivity contribution in [1.82, 2.24) is 5.32 Å². The fourth-order valence-electron chi connectivity index (χ4n) is 4.06. The summed E-state index contributed by atoms with van der Waals surface area (Å²) in [5, 5.41) is 3.93. The summed E-state index contributed by atoms with van der Waals surface area (Å²) in [5.41, 5.74) is 0. The Morgan fingerprint density at radius 3 is 1.58 bits per heavy atom. The first-order chi connectivity index (χ1) is 9.47. The number of hydrogen-bond acceptors (Lipinski definition) is 1. The Morgan fingerprint density at radius 1 is 0.474 bits per heavy atom. The summed E-state index contributed by atoms with van der Waals surface area (Å²) in [6, 6.07) is 0.844. The molecular formula is C18H35N. The molecule has 0 amide bonds. The highest BCUT2D eigenvalue weighted by Gasteiger charge is 2.21. The molecule has 1 aliphatic carbocycles. The molecule has 0 bridgehead atoms. The zero-order valence-corrected chi connectivity index (χ0v) is 13.0. The van der Waals surface area contributed by atoms with Crippen LogP contribution in [-0.2, 0) is 0 Å². The van der Waals surface area contributed by atoms with Gasteiger partial charge in [0, 0.05) is 6.04 Å². The van der Waals surface area contributed by atoms with Gasteiger partial charge in [-0.15, -0.1) is 0 Å². The van der Waals surface area contributed by atoms with Crippen LogP contribution in [0.3, 0.4) is 0 Å². The summed E-state index contributed by atoms with van der Waals surface area (Å²) in [7, 11) is 0. The van der Waals surface area contributed by atoms with Crippen molar-refractivity contribution in [3.05, 3.63) is 0 Å². The van der Waals surface area contributed by atoms with E-state index < -0.39 is 0 Å². The number of hydrogen-bond donors (Lipinski definition) is 1. The molecular weight excluding hydrogens is 230 g/mol. The second-order valence-corrected chi connectivity index (χ2v) is 6.93. The van der Waals surface area contributed by atoms with Crippen LogP contribution in [0.25, 0.3) is 0 Å². The third-order valence-corrected chi connectivity index (χ3v) is 5.32. The first-order valence-corrected chi connectivity index (χ1v) is 9.20. The molecule has 0 spiro atoms. The number of nitrogens with one attached hydrogen (secondary N) is 1. The summed E-state index contributed by atoms with van der Waals surface area (Å²) >= 11 is 0. The van der Waals surface area contributed by atoms with E-state index in [2.05, 4.69) is 5.32 Å². The maximum Gasteiger partial charge on any atom is 0.00953 e. The molecule has 1 heterocycles. The predicted molar refractivity (Wildman–Crippen MR) is 84.5 cm³/mol. The van der Waals surface area contributed by atoms with Crippen LogP contribution in [0.1, 0.15) is 96.3 Å². The Hall–Kier alpha value is -0.0400. The molecule has 1 saturated heterocycles. The maximum atomic E-state index is 3.93. The Balaban J connectivity index is 1.82. The topological polar surface area (TPSA) is 12.0 Å². The lowest BCUT2D eigenvalue weighted by atomic mass is 9.86. The molecule has 0 aromatic heterocycles. The van der Waals surface area contributed by atoms with E-state index >= 15 is 0 Å².